The fraction of sp³-hybridized carbons (Fsp3) is 1.00. The van der Waals surface area contributed by atoms with Crippen LogP contribution in [0.4, 0.5) is 0 Å². The van der Waals surface area contributed by atoms with Gasteiger partial charge < -0.3 is 14.6 Å². The Morgan fingerprint density at radius 1 is 1.00 bits per heavy atom. The molecule has 0 bridgehead atoms. The molecule has 0 amide bonds. The molecule has 92 valence electrons. The number of hydrogen-bond donors (Lipinski definition) is 1. The SMILES string of the molecule is CC(C)(C)SSCCOCCOCCO. The lowest BCUT2D eigenvalue weighted by molar-refractivity contribution is 0.0378. The minimum Gasteiger partial charge on any atom is -0.394 e. The largest absolute Gasteiger partial charge is 0.394 e. The molecule has 3 nitrogen and oxygen atoms in total. The number of aliphatic hydroxyl groups is 1. The highest BCUT2D eigenvalue weighted by molar-refractivity contribution is 8.77. The Bertz CT molecular complexity index is 137. The first kappa shape index (κ1) is 15.6. The second kappa shape index (κ2) is 9.78. The summed E-state index contributed by atoms with van der Waals surface area (Å²) in [6.07, 6.45) is 0. The third-order valence-corrected chi connectivity index (χ3v) is 4.53. The van der Waals surface area contributed by atoms with E-state index < -0.39 is 0 Å². The first-order valence-corrected chi connectivity index (χ1v) is 7.45. The van der Waals surface area contributed by atoms with E-state index in [1.807, 2.05) is 21.6 Å². The van der Waals surface area contributed by atoms with Gasteiger partial charge >= 0.3 is 0 Å². The van der Waals surface area contributed by atoms with Gasteiger partial charge in [-0.1, -0.05) is 42.4 Å². The van der Waals surface area contributed by atoms with Gasteiger partial charge in [-0.2, -0.15) is 0 Å². The molecule has 0 spiro atoms. The number of ether oxygens (including phenoxy) is 2. The van der Waals surface area contributed by atoms with E-state index in [2.05, 4.69) is 20.8 Å². The maximum absolute atomic E-state index is 8.44. The molecule has 0 rings (SSSR count). The zero-order valence-corrected chi connectivity index (χ0v) is 11.5. The Morgan fingerprint density at radius 2 is 1.60 bits per heavy atom. The molecule has 0 unspecified atom stereocenters. The Balaban J connectivity index is 2.99. The van der Waals surface area contributed by atoms with Gasteiger partial charge in [0.1, 0.15) is 0 Å². The molecule has 1 N–H and O–H groups in total. The maximum atomic E-state index is 8.44. The molecule has 0 heterocycles. The van der Waals surface area contributed by atoms with Gasteiger partial charge in [0.2, 0.25) is 0 Å². The van der Waals surface area contributed by atoms with Crippen molar-refractivity contribution in [2.24, 2.45) is 0 Å². The molecular weight excluding hydrogens is 232 g/mol. The summed E-state index contributed by atoms with van der Waals surface area (Å²) in [5.41, 5.74) is 0. The van der Waals surface area contributed by atoms with Gasteiger partial charge in [0.15, 0.2) is 0 Å². The van der Waals surface area contributed by atoms with Crippen molar-refractivity contribution in [1.82, 2.24) is 0 Å². The molecule has 0 aliphatic rings. The molecule has 0 saturated carbocycles. The molecule has 0 radical (unpaired) electrons. The van der Waals surface area contributed by atoms with Crippen molar-refractivity contribution in [2.45, 2.75) is 25.5 Å². The van der Waals surface area contributed by atoms with Crippen LogP contribution in [0.2, 0.25) is 0 Å². The summed E-state index contributed by atoms with van der Waals surface area (Å²) in [6.45, 7) is 9.03. The van der Waals surface area contributed by atoms with E-state index in [0.29, 0.717) is 24.6 Å². The van der Waals surface area contributed by atoms with E-state index in [4.69, 9.17) is 14.6 Å². The predicted molar refractivity (Wildman–Crippen MR) is 68.5 cm³/mol. The van der Waals surface area contributed by atoms with Crippen LogP contribution in [-0.2, 0) is 9.47 Å². The van der Waals surface area contributed by atoms with Crippen LogP contribution in [0.1, 0.15) is 20.8 Å². The lowest BCUT2D eigenvalue weighted by Gasteiger charge is -2.15. The van der Waals surface area contributed by atoms with Crippen molar-refractivity contribution in [2.75, 3.05) is 38.8 Å². The van der Waals surface area contributed by atoms with E-state index in [9.17, 15) is 0 Å². The van der Waals surface area contributed by atoms with Crippen molar-refractivity contribution >= 4 is 21.6 Å². The minimum absolute atomic E-state index is 0.0814. The Hall–Kier alpha value is 0.580. The molecule has 0 fully saturated rings. The van der Waals surface area contributed by atoms with Crippen molar-refractivity contribution in [3.8, 4) is 0 Å². The van der Waals surface area contributed by atoms with Crippen LogP contribution in [0.5, 0.6) is 0 Å². The van der Waals surface area contributed by atoms with Gasteiger partial charge in [0.25, 0.3) is 0 Å². The van der Waals surface area contributed by atoms with Gasteiger partial charge in [0.05, 0.1) is 33.0 Å². The fourth-order valence-corrected chi connectivity index (χ4v) is 2.84. The molecule has 0 aliphatic heterocycles. The second-order valence-electron chi connectivity index (χ2n) is 3.97. The third kappa shape index (κ3) is 14.6. The van der Waals surface area contributed by atoms with Gasteiger partial charge in [-0.05, 0) is 0 Å². The molecular formula is C10H22O3S2. The fourth-order valence-electron chi connectivity index (χ4n) is 0.698. The Morgan fingerprint density at radius 3 is 2.13 bits per heavy atom. The number of hydrogen-bond acceptors (Lipinski definition) is 5. The van der Waals surface area contributed by atoms with Crippen LogP contribution in [0.15, 0.2) is 0 Å². The Kier molecular flexibility index (Phi) is 10.2. The monoisotopic (exact) mass is 254 g/mol. The summed E-state index contributed by atoms with van der Waals surface area (Å²) in [5.74, 6) is 1.00. The lowest BCUT2D eigenvalue weighted by atomic mass is 10.3. The van der Waals surface area contributed by atoms with E-state index >= 15 is 0 Å². The highest BCUT2D eigenvalue weighted by Gasteiger charge is 2.10. The maximum Gasteiger partial charge on any atom is 0.0701 e. The van der Waals surface area contributed by atoms with E-state index in [-0.39, 0.29) is 6.61 Å². The lowest BCUT2D eigenvalue weighted by Crippen LogP contribution is -2.09. The van der Waals surface area contributed by atoms with E-state index in [1.165, 1.54) is 0 Å². The van der Waals surface area contributed by atoms with Crippen LogP contribution >= 0.6 is 21.6 Å². The summed E-state index contributed by atoms with van der Waals surface area (Å²) in [7, 11) is 3.72. The van der Waals surface area contributed by atoms with E-state index in [0.717, 1.165) is 12.4 Å². The smallest absolute Gasteiger partial charge is 0.0701 e. The molecule has 0 aliphatic carbocycles. The zero-order valence-electron chi connectivity index (χ0n) is 9.82. The summed E-state index contributed by atoms with van der Waals surface area (Å²) in [4.78, 5) is 0. The Labute approximate surface area is 101 Å². The molecule has 0 aromatic carbocycles. The van der Waals surface area contributed by atoms with Crippen molar-refractivity contribution < 1.29 is 14.6 Å². The minimum atomic E-state index is 0.0814. The van der Waals surface area contributed by atoms with Crippen LogP contribution in [-0.4, -0.2) is 48.6 Å². The number of rotatable bonds is 9. The van der Waals surface area contributed by atoms with Crippen molar-refractivity contribution in [3.63, 3.8) is 0 Å². The standard InChI is InChI=1S/C10H22O3S2/c1-10(2,3)15-14-9-8-13-7-6-12-5-4-11/h11H,4-9H2,1-3H3. The number of aliphatic hydroxyl groups excluding tert-OH is 1. The second-order valence-corrected chi connectivity index (χ2v) is 7.21. The molecule has 0 atom stereocenters. The first-order valence-electron chi connectivity index (χ1n) is 5.13. The first-order chi connectivity index (χ1) is 7.06. The topological polar surface area (TPSA) is 38.7 Å². The summed E-state index contributed by atoms with van der Waals surface area (Å²) >= 11 is 0. The molecule has 0 saturated heterocycles. The van der Waals surface area contributed by atoms with Gasteiger partial charge in [-0.3, -0.25) is 0 Å². The van der Waals surface area contributed by atoms with Crippen LogP contribution < -0.4 is 0 Å². The van der Waals surface area contributed by atoms with Gasteiger partial charge in [-0.15, -0.1) is 0 Å². The highest BCUT2D eigenvalue weighted by atomic mass is 33.1. The van der Waals surface area contributed by atoms with Crippen LogP contribution in [0.25, 0.3) is 0 Å². The van der Waals surface area contributed by atoms with Crippen LogP contribution in [0.3, 0.4) is 0 Å². The molecule has 15 heavy (non-hydrogen) atoms. The molecule has 0 aromatic heterocycles. The zero-order chi connectivity index (χ0) is 11.6. The summed E-state index contributed by atoms with van der Waals surface area (Å²) < 4.78 is 10.7. The summed E-state index contributed by atoms with van der Waals surface area (Å²) in [6, 6.07) is 0. The molecule has 0 aromatic rings. The normalized spacial score (nSPS) is 12.0. The quantitative estimate of drug-likeness (QED) is 0.504. The van der Waals surface area contributed by atoms with Crippen molar-refractivity contribution in [1.29, 1.82) is 0 Å². The van der Waals surface area contributed by atoms with Crippen LogP contribution in [0, 0.1) is 0 Å². The average Bonchev–Trinajstić information content (AvgIpc) is 2.14. The van der Waals surface area contributed by atoms with Crippen molar-refractivity contribution in [3.05, 3.63) is 0 Å². The highest BCUT2D eigenvalue weighted by Crippen LogP contribution is 2.34. The average molecular weight is 254 g/mol. The molecule has 5 heteroatoms. The van der Waals surface area contributed by atoms with E-state index in [1.54, 1.807) is 0 Å². The predicted octanol–water partition coefficient (Wildman–Crippen LogP) is 2.19. The van der Waals surface area contributed by atoms with Gasteiger partial charge in [-0.25, -0.2) is 0 Å². The van der Waals surface area contributed by atoms with Gasteiger partial charge in [0, 0.05) is 10.5 Å². The third-order valence-electron chi connectivity index (χ3n) is 1.23. The summed E-state index contributed by atoms with van der Waals surface area (Å²) in [5, 5.41) is 8.44.